The number of amides is 1. The molecule has 1 spiro atoms. The number of nitrogens with zero attached hydrogens (tertiary/aromatic N) is 1. The van der Waals surface area contributed by atoms with Crippen LogP contribution in [0.2, 0.25) is 5.02 Å². The number of hydrogen-bond donors (Lipinski definition) is 4. The number of likely N-dealkylation sites (tertiary alicyclic amines) is 1. The fraction of sp³-hybridized carbons (Fsp3) is 0.391. The van der Waals surface area contributed by atoms with E-state index in [0.29, 0.717) is 12.1 Å². The van der Waals surface area contributed by atoms with Crippen LogP contribution < -0.4 is 0 Å². The van der Waals surface area contributed by atoms with Crippen LogP contribution in [0, 0.1) is 11.3 Å². The number of carboxylic acids is 1. The van der Waals surface area contributed by atoms with Crippen LogP contribution in [0.1, 0.15) is 24.0 Å². The molecule has 0 bridgehead atoms. The number of β-amino-alcohol motifs (C(OH)–C–C–N with tert-alkyl or cyclic N) is 1. The molecule has 1 aliphatic heterocycles. The average Bonchev–Trinajstić information content (AvgIpc) is 3.25. The van der Waals surface area contributed by atoms with E-state index < -0.39 is 17.5 Å². The number of phenolic OH excluding ortho intramolecular Hbond substituents is 1. The van der Waals surface area contributed by atoms with Crippen molar-refractivity contribution in [3.63, 3.8) is 0 Å². The second-order valence-corrected chi connectivity index (χ2v) is 8.47. The van der Waals surface area contributed by atoms with Gasteiger partial charge in [0.1, 0.15) is 5.75 Å². The second-order valence-electron chi connectivity index (χ2n) is 8.06. The standard InChI is InChI=1S/C21H22ClNO4.C2H4O2/c22-16-8-13(6-7-17(16)25)9-19(27)23-10-18(26)21(12-23)15(11-24)20(21)14-4-2-1-3-5-14;1-2(3)4/h1-8,15,18,20,24-26H,9-12H2;1H3,(H,3,4)/t15-,18+,20-,21-;/m1./s1. The Bertz CT molecular complexity index is 948. The Kier molecular flexibility index (Phi) is 6.89. The maximum atomic E-state index is 12.8. The summed E-state index contributed by atoms with van der Waals surface area (Å²) in [6.07, 6.45) is -0.505. The lowest BCUT2D eigenvalue weighted by molar-refractivity contribution is -0.134. The number of phenols is 1. The van der Waals surface area contributed by atoms with Gasteiger partial charge in [0.2, 0.25) is 5.91 Å². The second kappa shape index (κ2) is 9.26. The van der Waals surface area contributed by atoms with Crippen molar-refractivity contribution >= 4 is 23.5 Å². The zero-order valence-electron chi connectivity index (χ0n) is 17.1. The predicted octanol–water partition coefficient (Wildman–Crippen LogP) is 2.27. The predicted molar refractivity (Wildman–Crippen MR) is 115 cm³/mol. The molecule has 8 heteroatoms. The highest BCUT2D eigenvalue weighted by molar-refractivity contribution is 6.32. The van der Waals surface area contributed by atoms with Gasteiger partial charge in [0.25, 0.3) is 5.97 Å². The van der Waals surface area contributed by atoms with Crippen molar-refractivity contribution in [2.75, 3.05) is 19.7 Å². The van der Waals surface area contributed by atoms with Gasteiger partial charge in [0.15, 0.2) is 0 Å². The van der Waals surface area contributed by atoms with Crippen molar-refractivity contribution in [1.82, 2.24) is 4.90 Å². The van der Waals surface area contributed by atoms with E-state index in [1.54, 1.807) is 17.0 Å². The molecule has 0 unspecified atom stereocenters. The van der Waals surface area contributed by atoms with Crippen LogP contribution in [0.5, 0.6) is 5.75 Å². The summed E-state index contributed by atoms with van der Waals surface area (Å²) in [5, 5.41) is 37.7. The molecule has 1 aliphatic carbocycles. The minimum absolute atomic E-state index is 0.00772. The van der Waals surface area contributed by atoms with Crippen LogP contribution in [0.25, 0.3) is 0 Å². The maximum absolute atomic E-state index is 12.8. The van der Waals surface area contributed by atoms with Crippen molar-refractivity contribution in [3.05, 3.63) is 64.7 Å². The number of aliphatic hydroxyl groups is 2. The fourth-order valence-corrected chi connectivity index (χ4v) is 4.91. The number of benzene rings is 2. The Balaban J connectivity index is 0.000000628. The Morgan fingerprint density at radius 1 is 1.19 bits per heavy atom. The van der Waals surface area contributed by atoms with Gasteiger partial charge in [-0.25, -0.2) is 0 Å². The number of aromatic hydroxyl groups is 1. The van der Waals surface area contributed by atoms with Crippen molar-refractivity contribution in [2.24, 2.45) is 11.3 Å². The first-order valence-corrected chi connectivity index (χ1v) is 10.4. The van der Waals surface area contributed by atoms with Gasteiger partial charge in [-0.15, -0.1) is 0 Å². The number of rotatable bonds is 4. The Morgan fingerprint density at radius 2 is 1.84 bits per heavy atom. The number of hydrogen-bond acceptors (Lipinski definition) is 5. The van der Waals surface area contributed by atoms with Gasteiger partial charge >= 0.3 is 0 Å². The molecule has 2 fully saturated rings. The monoisotopic (exact) mass is 447 g/mol. The van der Waals surface area contributed by atoms with E-state index in [2.05, 4.69) is 0 Å². The van der Waals surface area contributed by atoms with Crippen molar-refractivity contribution < 1.29 is 30.0 Å². The van der Waals surface area contributed by atoms with Gasteiger partial charge in [0.05, 0.1) is 17.5 Å². The summed E-state index contributed by atoms with van der Waals surface area (Å²) < 4.78 is 0. The first-order valence-electron chi connectivity index (χ1n) is 9.99. The largest absolute Gasteiger partial charge is 0.506 e. The molecule has 7 nitrogen and oxygen atoms in total. The van der Waals surface area contributed by atoms with E-state index in [9.17, 15) is 20.1 Å². The summed E-state index contributed by atoms with van der Waals surface area (Å²) in [4.78, 5) is 23.4. The molecule has 2 aromatic rings. The molecule has 0 radical (unpaired) electrons. The quantitative estimate of drug-likeness (QED) is 0.571. The summed E-state index contributed by atoms with van der Waals surface area (Å²) in [6, 6.07) is 14.6. The van der Waals surface area contributed by atoms with Gasteiger partial charge in [-0.2, -0.15) is 0 Å². The number of carbonyl (C=O) groups is 2. The van der Waals surface area contributed by atoms with Crippen LogP contribution in [-0.4, -0.2) is 63.0 Å². The smallest absolute Gasteiger partial charge is 0.300 e. The molecule has 1 saturated carbocycles. The molecule has 2 aromatic carbocycles. The SMILES string of the molecule is CC(=O)O.O=C(Cc1ccc(O)c(Cl)c1)N1C[C@H](O)[C@@]2(C1)[C@H](CO)[C@H]2c1ccccc1. The Morgan fingerprint density at radius 3 is 2.42 bits per heavy atom. The number of carbonyl (C=O) groups excluding carboxylic acids is 1. The van der Waals surface area contributed by atoms with E-state index >= 15 is 0 Å². The average molecular weight is 448 g/mol. The highest BCUT2D eigenvalue weighted by atomic mass is 35.5. The number of aliphatic carboxylic acids is 1. The summed E-state index contributed by atoms with van der Waals surface area (Å²) >= 11 is 5.92. The number of halogens is 1. The molecule has 0 aromatic heterocycles. The van der Waals surface area contributed by atoms with Crippen LogP contribution >= 0.6 is 11.6 Å². The van der Waals surface area contributed by atoms with Crippen molar-refractivity contribution in [3.8, 4) is 5.75 Å². The van der Waals surface area contributed by atoms with E-state index in [-0.39, 0.29) is 48.1 Å². The minimum atomic E-state index is -0.833. The van der Waals surface area contributed by atoms with E-state index in [4.69, 9.17) is 21.5 Å². The van der Waals surface area contributed by atoms with Crippen LogP contribution in [0.4, 0.5) is 0 Å². The van der Waals surface area contributed by atoms with E-state index in [1.807, 2.05) is 30.3 Å². The molecular weight excluding hydrogens is 422 g/mol. The molecule has 31 heavy (non-hydrogen) atoms. The van der Waals surface area contributed by atoms with Crippen LogP contribution in [0.3, 0.4) is 0 Å². The summed E-state index contributed by atoms with van der Waals surface area (Å²) in [5.41, 5.74) is 1.33. The zero-order chi connectivity index (χ0) is 22.8. The molecule has 1 amide bonds. The topological polar surface area (TPSA) is 118 Å². The van der Waals surface area contributed by atoms with Gasteiger partial charge in [-0.3, -0.25) is 9.59 Å². The van der Waals surface area contributed by atoms with E-state index in [0.717, 1.165) is 12.5 Å². The Labute approximate surface area is 185 Å². The summed E-state index contributed by atoms with van der Waals surface area (Å²) in [5.74, 6) is -0.934. The molecule has 4 rings (SSSR count). The normalized spacial score (nSPS) is 26.3. The third-order valence-corrected chi connectivity index (χ3v) is 6.42. The van der Waals surface area contributed by atoms with E-state index in [1.165, 1.54) is 6.07 Å². The molecule has 4 atom stereocenters. The maximum Gasteiger partial charge on any atom is 0.300 e. The highest BCUT2D eigenvalue weighted by Crippen LogP contribution is 2.68. The third kappa shape index (κ3) is 4.69. The van der Waals surface area contributed by atoms with Gasteiger partial charge in [0, 0.05) is 32.0 Å². The van der Waals surface area contributed by atoms with Gasteiger partial charge in [-0.05, 0) is 35.1 Å². The molecule has 2 aliphatic rings. The first kappa shape index (κ1) is 23.1. The highest BCUT2D eigenvalue weighted by Gasteiger charge is 2.71. The van der Waals surface area contributed by atoms with Crippen molar-refractivity contribution in [2.45, 2.75) is 25.4 Å². The lowest BCUT2D eigenvalue weighted by Gasteiger charge is -2.17. The summed E-state index contributed by atoms with van der Waals surface area (Å²) in [6.45, 7) is 1.78. The van der Waals surface area contributed by atoms with Gasteiger partial charge < -0.3 is 25.3 Å². The third-order valence-electron chi connectivity index (χ3n) is 6.12. The first-order chi connectivity index (χ1) is 14.7. The summed E-state index contributed by atoms with van der Waals surface area (Å²) in [7, 11) is 0. The van der Waals surface area contributed by atoms with Gasteiger partial charge in [-0.1, -0.05) is 48.0 Å². The number of carboxylic acid groups (broad SMARTS) is 1. The lowest BCUT2D eigenvalue weighted by Crippen LogP contribution is -2.31. The molecule has 1 heterocycles. The molecule has 166 valence electrons. The lowest BCUT2D eigenvalue weighted by atomic mass is 9.95. The number of aliphatic hydroxyl groups excluding tert-OH is 2. The molecular formula is C23H26ClNO6. The molecule has 4 N–H and O–H groups in total. The van der Waals surface area contributed by atoms with Crippen molar-refractivity contribution in [1.29, 1.82) is 0 Å². The minimum Gasteiger partial charge on any atom is -0.506 e. The molecule has 1 saturated heterocycles. The van der Waals surface area contributed by atoms with Crippen LogP contribution in [-0.2, 0) is 16.0 Å². The van der Waals surface area contributed by atoms with Crippen LogP contribution in [0.15, 0.2) is 48.5 Å². The fourth-order valence-electron chi connectivity index (χ4n) is 4.70. The Hall–Kier alpha value is -2.61. The zero-order valence-corrected chi connectivity index (χ0v) is 17.9.